The molecule has 1 aliphatic carbocycles. The maximum atomic E-state index is 11.4. The minimum atomic E-state index is -0.850. The minimum absolute atomic E-state index is 0.237. The van der Waals surface area contributed by atoms with E-state index >= 15 is 0 Å². The summed E-state index contributed by atoms with van der Waals surface area (Å²) in [7, 11) is 0. The van der Waals surface area contributed by atoms with Gasteiger partial charge in [0, 0.05) is 6.20 Å². The van der Waals surface area contributed by atoms with E-state index in [-0.39, 0.29) is 5.69 Å². The van der Waals surface area contributed by atoms with Crippen LogP contribution in [0.4, 0.5) is 0 Å². The Morgan fingerprint density at radius 2 is 2.11 bits per heavy atom. The van der Waals surface area contributed by atoms with Crippen molar-refractivity contribution in [1.29, 1.82) is 0 Å². The summed E-state index contributed by atoms with van der Waals surface area (Å²) in [5, 5.41) is 11.4. The number of aliphatic hydroxyl groups is 1. The fourth-order valence-corrected chi connectivity index (χ4v) is 3.78. The number of aromatic nitrogens is 2. The molecule has 0 aromatic carbocycles. The van der Waals surface area contributed by atoms with Crippen molar-refractivity contribution in [3.8, 4) is 0 Å². The molecular weight excluding hydrogens is 262 g/mol. The van der Waals surface area contributed by atoms with Gasteiger partial charge in [0.25, 0.3) is 5.91 Å². The number of amides is 1. The molecule has 1 fully saturated rings. The van der Waals surface area contributed by atoms with Crippen molar-refractivity contribution in [2.45, 2.75) is 37.7 Å². The fourth-order valence-electron chi connectivity index (χ4n) is 2.58. The first kappa shape index (κ1) is 12.5. The van der Waals surface area contributed by atoms with Gasteiger partial charge in [-0.25, -0.2) is 9.97 Å². The summed E-state index contributed by atoms with van der Waals surface area (Å²) in [6.07, 6.45) is 6.15. The van der Waals surface area contributed by atoms with E-state index in [4.69, 9.17) is 5.73 Å². The highest BCUT2D eigenvalue weighted by Crippen LogP contribution is 2.40. The number of hydrogen-bond donors (Lipinski definition) is 2. The lowest BCUT2D eigenvalue weighted by Gasteiger charge is -2.29. The molecule has 100 valence electrons. The Labute approximate surface area is 114 Å². The lowest BCUT2D eigenvalue weighted by atomic mass is 9.85. The second-order valence-electron chi connectivity index (χ2n) is 4.98. The van der Waals surface area contributed by atoms with Crippen LogP contribution in [0.2, 0.25) is 0 Å². The van der Waals surface area contributed by atoms with Crippen LogP contribution in [0.1, 0.15) is 47.6 Å². The molecule has 1 saturated carbocycles. The summed E-state index contributed by atoms with van der Waals surface area (Å²) in [4.78, 5) is 19.8. The normalized spacial score (nSPS) is 18.6. The number of nitrogens with two attached hydrogens (primary N) is 1. The van der Waals surface area contributed by atoms with E-state index in [0.29, 0.717) is 15.2 Å². The first-order valence-electron chi connectivity index (χ1n) is 6.38. The summed E-state index contributed by atoms with van der Waals surface area (Å²) in [6, 6.07) is 1.74. The maximum Gasteiger partial charge on any atom is 0.268 e. The zero-order valence-electron chi connectivity index (χ0n) is 10.4. The first-order valence-corrected chi connectivity index (χ1v) is 7.20. The van der Waals surface area contributed by atoms with Gasteiger partial charge in [0.1, 0.15) is 16.3 Å². The summed E-state index contributed by atoms with van der Waals surface area (Å²) in [6.45, 7) is 0. The van der Waals surface area contributed by atoms with E-state index in [0.717, 1.165) is 32.1 Å². The SMILES string of the molecule is NC(=O)c1nccc2nc(C3(O)CCCCC3)sc12. The van der Waals surface area contributed by atoms with Gasteiger partial charge in [-0.1, -0.05) is 19.3 Å². The van der Waals surface area contributed by atoms with Crippen LogP contribution < -0.4 is 5.73 Å². The van der Waals surface area contributed by atoms with Crippen LogP contribution in [0, 0.1) is 0 Å². The zero-order valence-corrected chi connectivity index (χ0v) is 11.2. The summed E-state index contributed by atoms with van der Waals surface area (Å²) in [5.41, 5.74) is 5.38. The Bertz CT molecular complexity index is 632. The fraction of sp³-hybridized carbons (Fsp3) is 0.462. The molecule has 2 aromatic rings. The van der Waals surface area contributed by atoms with Gasteiger partial charge >= 0.3 is 0 Å². The van der Waals surface area contributed by atoms with E-state index in [1.54, 1.807) is 6.07 Å². The van der Waals surface area contributed by atoms with Crippen molar-refractivity contribution < 1.29 is 9.90 Å². The van der Waals surface area contributed by atoms with Gasteiger partial charge in [0.05, 0.1) is 10.2 Å². The number of nitrogens with zero attached hydrogens (tertiary/aromatic N) is 2. The predicted molar refractivity (Wildman–Crippen MR) is 72.9 cm³/mol. The number of hydrogen-bond acceptors (Lipinski definition) is 5. The molecule has 0 saturated heterocycles. The number of primary amides is 1. The van der Waals surface area contributed by atoms with Gasteiger partial charge in [0.2, 0.25) is 0 Å². The van der Waals surface area contributed by atoms with E-state index < -0.39 is 11.5 Å². The molecule has 1 amide bonds. The maximum absolute atomic E-state index is 11.4. The Hall–Kier alpha value is -1.53. The molecule has 19 heavy (non-hydrogen) atoms. The number of carbonyl (C=O) groups is 1. The summed E-state index contributed by atoms with van der Waals surface area (Å²) >= 11 is 1.33. The molecule has 0 radical (unpaired) electrons. The quantitative estimate of drug-likeness (QED) is 0.878. The second kappa shape index (κ2) is 4.54. The van der Waals surface area contributed by atoms with Crippen LogP contribution in [0.15, 0.2) is 12.3 Å². The Kier molecular flexibility index (Phi) is 2.99. The molecule has 0 bridgehead atoms. The molecule has 2 aromatic heterocycles. The number of fused-ring (bicyclic) bond motifs is 1. The highest BCUT2D eigenvalue weighted by atomic mass is 32.1. The zero-order chi connectivity index (χ0) is 13.5. The third-order valence-corrected chi connectivity index (χ3v) is 4.89. The van der Waals surface area contributed by atoms with Crippen LogP contribution in [-0.4, -0.2) is 21.0 Å². The van der Waals surface area contributed by atoms with Crippen LogP contribution >= 0.6 is 11.3 Å². The van der Waals surface area contributed by atoms with Crippen LogP contribution in [-0.2, 0) is 5.60 Å². The number of pyridine rings is 1. The average molecular weight is 277 g/mol. The molecule has 0 spiro atoms. The molecule has 0 aliphatic heterocycles. The standard InChI is InChI=1S/C13H15N3O2S/c14-11(17)9-10-8(4-7-15-9)16-12(19-10)13(18)5-2-1-3-6-13/h4,7,18H,1-3,5-6H2,(H2,14,17). The number of thiazole rings is 1. The molecule has 3 rings (SSSR count). The molecule has 0 unspecified atom stereocenters. The van der Waals surface area contributed by atoms with Gasteiger partial charge < -0.3 is 10.8 Å². The monoisotopic (exact) mass is 277 g/mol. The van der Waals surface area contributed by atoms with Crippen LogP contribution in [0.3, 0.4) is 0 Å². The summed E-state index contributed by atoms with van der Waals surface area (Å²) < 4.78 is 0.670. The number of carbonyl (C=O) groups excluding carboxylic acids is 1. The first-order chi connectivity index (χ1) is 9.10. The van der Waals surface area contributed by atoms with Crippen LogP contribution in [0.25, 0.3) is 10.2 Å². The molecular formula is C13H15N3O2S. The Morgan fingerprint density at radius 1 is 1.37 bits per heavy atom. The van der Waals surface area contributed by atoms with E-state index in [2.05, 4.69) is 9.97 Å². The summed E-state index contributed by atoms with van der Waals surface area (Å²) in [5.74, 6) is -0.559. The van der Waals surface area contributed by atoms with E-state index in [9.17, 15) is 9.90 Å². The Morgan fingerprint density at radius 3 is 2.79 bits per heavy atom. The van der Waals surface area contributed by atoms with Gasteiger partial charge in [-0.2, -0.15) is 0 Å². The van der Waals surface area contributed by atoms with Crippen LogP contribution in [0.5, 0.6) is 0 Å². The van der Waals surface area contributed by atoms with E-state index in [1.165, 1.54) is 17.5 Å². The van der Waals surface area contributed by atoms with Crippen molar-refractivity contribution in [3.05, 3.63) is 23.0 Å². The van der Waals surface area contributed by atoms with Crippen molar-refractivity contribution in [1.82, 2.24) is 9.97 Å². The van der Waals surface area contributed by atoms with E-state index in [1.807, 2.05) is 0 Å². The predicted octanol–water partition coefficient (Wildman–Crippen LogP) is 1.94. The lowest BCUT2D eigenvalue weighted by Crippen LogP contribution is -2.28. The van der Waals surface area contributed by atoms with Crippen molar-refractivity contribution in [2.24, 2.45) is 5.73 Å². The average Bonchev–Trinajstić information content (AvgIpc) is 2.83. The molecule has 5 nitrogen and oxygen atoms in total. The second-order valence-corrected chi connectivity index (χ2v) is 5.98. The van der Waals surface area contributed by atoms with Crippen molar-refractivity contribution in [2.75, 3.05) is 0 Å². The highest BCUT2D eigenvalue weighted by Gasteiger charge is 2.34. The largest absolute Gasteiger partial charge is 0.383 e. The van der Waals surface area contributed by atoms with Gasteiger partial charge in [-0.05, 0) is 18.9 Å². The molecule has 1 aliphatic rings. The molecule has 6 heteroatoms. The third-order valence-electron chi connectivity index (χ3n) is 3.62. The lowest BCUT2D eigenvalue weighted by molar-refractivity contribution is -0.000631. The van der Waals surface area contributed by atoms with Crippen molar-refractivity contribution >= 4 is 27.5 Å². The van der Waals surface area contributed by atoms with Gasteiger partial charge in [0.15, 0.2) is 0 Å². The smallest absolute Gasteiger partial charge is 0.268 e. The van der Waals surface area contributed by atoms with Gasteiger partial charge in [-0.3, -0.25) is 4.79 Å². The van der Waals surface area contributed by atoms with Crippen molar-refractivity contribution in [3.63, 3.8) is 0 Å². The third kappa shape index (κ3) is 2.11. The Balaban J connectivity index is 2.11. The molecule has 0 atom stereocenters. The number of rotatable bonds is 2. The van der Waals surface area contributed by atoms with Gasteiger partial charge in [-0.15, -0.1) is 11.3 Å². The topological polar surface area (TPSA) is 89.1 Å². The minimum Gasteiger partial charge on any atom is -0.383 e. The molecule has 2 heterocycles. The highest BCUT2D eigenvalue weighted by molar-refractivity contribution is 7.19. The molecule has 3 N–H and O–H groups in total.